The van der Waals surface area contributed by atoms with E-state index in [1.807, 2.05) is 6.07 Å². The van der Waals surface area contributed by atoms with Crippen LogP contribution in [0.2, 0.25) is 0 Å². The second-order valence-corrected chi connectivity index (χ2v) is 4.31. The molecule has 1 saturated heterocycles. The Morgan fingerprint density at radius 2 is 2.35 bits per heavy atom. The van der Waals surface area contributed by atoms with Gasteiger partial charge in [-0.2, -0.15) is 5.26 Å². The van der Waals surface area contributed by atoms with Crippen LogP contribution in [-0.4, -0.2) is 18.3 Å². The van der Waals surface area contributed by atoms with Crippen molar-refractivity contribution in [3.05, 3.63) is 29.6 Å². The molecular weight excluding hydrogens is 243 g/mol. The number of carbonyl (C=O) groups is 1. The van der Waals surface area contributed by atoms with Gasteiger partial charge < -0.3 is 4.90 Å². The lowest BCUT2D eigenvalue weighted by atomic mass is 10.1. The van der Waals surface area contributed by atoms with Gasteiger partial charge in [0.1, 0.15) is 11.9 Å². The van der Waals surface area contributed by atoms with Crippen LogP contribution in [0.15, 0.2) is 18.2 Å². The minimum atomic E-state index is -0.457. The minimum Gasteiger partial charge on any atom is -0.311 e. The molecule has 1 atom stereocenters. The van der Waals surface area contributed by atoms with Crippen LogP contribution in [0.4, 0.5) is 10.1 Å². The molecule has 1 heterocycles. The highest BCUT2D eigenvalue weighted by atomic mass is 35.5. The van der Waals surface area contributed by atoms with Crippen LogP contribution in [0, 0.1) is 23.1 Å². The van der Waals surface area contributed by atoms with E-state index < -0.39 is 5.82 Å². The predicted molar refractivity (Wildman–Crippen MR) is 62.3 cm³/mol. The van der Waals surface area contributed by atoms with Crippen LogP contribution in [0.25, 0.3) is 0 Å². The Morgan fingerprint density at radius 1 is 1.59 bits per heavy atom. The van der Waals surface area contributed by atoms with Gasteiger partial charge in [-0.15, -0.1) is 11.6 Å². The standard InChI is InChI=1S/C12H10ClFN2O/c13-5-8-3-12(17)16(7-8)11-4-10(14)2-1-9(11)6-15/h1-2,4,8H,3,5,7H2. The molecule has 1 amide bonds. The largest absolute Gasteiger partial charge is 0.311 e. The van der Waals surface area contributed by atoms with Crippen molar-refractivity contribution in [1.82, 2.24) is 0 Å². The molecular formula is C12H10ClFN2O. The maximum Gasteiger partial charge on any atom is 0.227 e. The fourth-order valence-corrected chi connectivity index (χ4v) is 2.15. The van der Waals surface area contributed by atoms with Crippen molar-refractivity contribution in [2.45, 2.75) is 6.42 Å². The molecule has 0 saturated carbocycles. The third kappa shape index (κ3) is 2.25. The molecule has 3 nitrogen and oxygen atoms in total. The van der Waals surface area contributed by atoms with Crippen LogP contribution in [0.5, 0.6) is 0 Å². The number of halogens is 2. The summed E-state index contributed by atoms with van der Waals surface area (Å²) < 4.78 is 13.2. The topological polar surface area (TPSA) is 44.1 Å². The van der Waals surface area contributed by atoms with Crippen molar-refractivity contribution in [1.29, 1.82) is 5.26 Å². The fraction of sp³-hybridized carbons (Fsp3) is 0.333. The molecule has 5 heteroatoms. The van der Waals surface area contributed by atoms with Gasteiger partial charge in [0.25, 0.3) is 0 Å². The van der Waals surface area contributed by atoms with E-state index in [0.29, 0.717) is 30.1 Å². The zero-order valence-electron chi connectivity index (χ0n) is 8.99. The van der Waals surface area contributed by atoms with Crippen molar-refractivity contribution in [2.24, 2.45) is 5.92 Å². The summed E-state index contributed by atoms with van der Waals surface area (Å²) >= 11 is 5.71. The highest BCUT2D eigenvalue weighted by molar-refractivity contribution is 6.18. The van der Waals surface area contributed by atoms with Gasteiger partial charge in [0.05, 0.1) is 11.3 Å². The van der Waals surface area contributed by atoms with E-state index in [2.05, 4.69) is 0 Å². The Morgan fingerprint density at radius 3 is 2.94 bits per heavy atom. The lowest BCUT2D eigenvalue weighted by Gasteiger charge is -2.17. The van der Waals surface area contributed by atoms with Gasteiger partial charge in [-0.1, -0.05) is 0 Å². The second kappa shape index (κ2) is 4.72. The lowest BCUT2D eigenvalue weighted by molar-refractivity contribution is -0.117. The Balaban J connectivity index is 2.37. The zero-order chi connectivity index (χ0) is 12.4. The van der Waals surface area contributed by atoms with E-state index in [1.54, 1.807) is 0 Å². The van der Waals surface area contributed by atoms with Gasteiger partial charge in [0.15, 0.2) is 0 Å². The maximum absolute atomic E-state index is 13.2. The maximum atomic E-state index is 13.2. The average molecular weight is 253 g/mol. The van der Waals surface area contributed by atoms with Crippen LogP contribution in [-0.2, 0) is 4.79 Å². The molecule has 2 rings (SSSR count). The van der Waals surface area contributed by atoms with E-state index in [-0.39, 0.29) is 11.8 Å². The number of benzene rings is 1. The molecule has 1 fully saturated rings. The monoisotopic (exact) mass is 252 g/mol. The number of alkyl halides is 1. The molecule has 88 valence electrons. The third-order valence-corrected chi connectivity index (χ3v) is 3.23. The number of nitrogens with zero attached hydrogens (tertiary/aromatic N) is 2. The fourth-order valence-electron chi connectivity index (χ4n) is 1.94. The van der Waals surface area contributed by atoms with Crippen molar-refractivity contribution < 1.29 is 9.18 Å². The number of nitriles is 1. The lowest BCUT2D eigenvalue weighted by Crippen LogP contribution is -2.25. The molecule has 0 radical (unpaired) electrons. The van der Waals surface area contributed by atoms with Gasteiger partial charge >= 0.3 is 0 Å². The highest BCUT2D eigenvalue weighted by Crippen LogP contribution is 2.28. The first kappa shape index (κ1) is 11.9. The first-order valence-electron chi connectivity index (χ1n) is 5.21. The smallest absolute Gasteiger partial charge is 0.227 e. The van der Waals surface area contributed by atoms with Gasteiger partial charge in [-0.3, -0.25) is 4.79 Å². The van der Waals surface area contributed by atoms with Crippen molar-refractivity contribution >= 4 is 23.2 Å². The first-order chi connectivity index (χ1) is 8.15. The highest BCUT2D eigenvalue weighted by Gasteiger charge is 2.31. The van der Waals surface area contributed by atoms with Crippen LogP contribution < -0.4 is 4.90 Å². The molecule has 1 unspecified atom stereocenters. The summed E-state index contributed by atoms with van der Waals surface area (Å²) in [5.41, 5.74) is 0.639. The number of anilines is 1. The Bertz CT molecular complexity index is 498. The molecule has 0 aromatic heterocycles. The molecule has 1 aliphatic rings. The van der Waals surface area contributed by atoms with Gasteiger partial charge in [0.2, 0.25) is 5.91 Å². The molecule has 0 aliphatic carbocycles. The van der Waals surface area contributed by atoms with Crippen molar-refractivity contribution in [3.63, 3.8) is 0 Å². The first-order valence-corrected chi connectivity index (χ1v) is 5.75. The van der Waals surface area contributed by atoms with Crippen LogP contribution >= 0.6 is 11.6 Å². The average Bonchev–Trinajstić information content (AvgIpc) is 2.70. The molecule has 0 bridgehead atoms. The van der Waals surface area contributed by atoms with Gasteiger partial charge in [0, 0.05) is 18.8 Å². The summed E-state index contributed by atoms with van der Waals surface area (Å²) in [5.74, 6) is -0.114. The van der Waals surface area contributed by atoms with E-state index in [0.717, 1.165) is 0 Å². The number of amides is 1. The number of hydrogen-bond acceptors (Lipinski definition) is 2. The molecule has 17 heavy (non-hydrogen) atoms. The van der Waals surface area contributed by atoms with Gasteiger partial charge in [-0.25, -0.2) is 4.39 Å². The van der Waals surface area contributed by atoms with E-state index in [9.17, 15) is 9.18 Å². The number of carbonyl (C=O) groups excluding carboxylic acids is 1. The second-order valence-electron chi connectivity index (χ2n) is 4.00. The van der Waals surface area contributed by atoms with Crippen LogP contribution in [0.3, 0.4) is 0 Å². The molecule has 0 spiro atoms. The minimum absolute atomic E-state index is 0.0685. The number of hydrogen-bond donors (Lipinski definition) is 0. The van der Waals surface area contributed by atoms with Crippen molar-refractivity contribution in [2.75, 3.05) is 17.3 Å². The number of rotatable bonds is 2. The SMILES string of the molecule is N#Cc1ccc(F)cc1N1CC(CCl)CC1=O. The summed E-state index contributed by atoms with van der Waals surface area (Å²) in [6.45, 7) is 0.445. The van der Waals surface area contributed by atoms with E-state index in [1.165, 1.54) is 23.1 Å². The molecule has 1 aromatic rings. The van der Waals surface area contributed by atoms with Crippen molar-refractivity contribution in [3.8, 4) is 6.07 Å². The summed E-state index contributed by atoms with van der Waals surface area (Å²) in [4.78, 5) is 13.2. The Kier molecular flexibility index (Phi) is 3.30. The zero-order valence-corrected chi connectivity index (χ0v) is 9.75. The molecule has 1 aliphatic heterocycles. The summed E-state index contributed by atoms with van der Waals surface area (Å²) in [5, 5.41) is 8.94. The summed E-state index contributed by atoms with van der Waals surface area (Å²) in [7, 11) is 0. The Labute approximate surface area is 103 Å². The van der Waals surface area contributed by atoms with Crippen LogP contribution in [0.1, 0.15) is 12.0 Å². The third-order valence-electron chi connectivity index (χ3n) is 2.79. The normalized spacial score (nSPS) is 19.5. The van der Waals surface area contributed by atoms with E-state index >= 15 is 0 Å². The predicted octanol–water partition coefficient (Wildman–Crippen LogP) is 2.29. The Hall–Kier alpha value is -1.60. The summed E-state index contributed by atoms with van der Waals surface area (Å²) in [6.07, 6.45) is 0.352. The van der Waals surface area contributed by atoms with Gasteiger partial charge in [-0.05, 0) is 24.1 Å². The summed E-state index contributed by atoms with van der Waals surface area (Å²) in [6, 6.07) is 5.77. The molecule has 0 N–H and O–H groups in total. The quantitative estimate of drug-likeness (QED) is 0.758. The molecule has 1 aromatic carbocycles. The van der Waals surface area contributed by atoms with E-state index in [4.69, 9.17) is 16.9 Å².